The van der Waals surface area contributed by atoms with Crippen molar-refractivity contribution >= 4 is 6.03 Å². The van der Waals surface area contributed by atoms with Crippen molar-refractivity contribution in [3.8, 4) is 0 Å². The molecule has 2 amide bonds. The SMILES string of the molecule is CCC(CC)N(CC(C)C)C(=O)N(CC)CC. The highest BCUT2D eigenvalue weighted by Gasteiger charge is 2.24. The summed E-state index contributed by atoms with van der Waals surface area (Å²) in [6.45, 7) is 15.2. The minimum atomic E-state index is 0.206. The zero-order valence-corrected chi connectivity index (χ0v) is 12.5. The van der Waals surface area contributed by atoms with E-state index in [-0.39, 0.29) is 6.03 Å². The van der Waals surface area contributed by atoms with Gasteiger partial charge in [-0.2, -0.15) is 0 Å². The first-order valence-corrected chi connectivity index (χ1v) is 7.07. The smallest absolute Gasteiger partial charge is 0.320 e. The summed E-state index contributed by atoms with van der Waals surface area (Å²) in [6, 6.07) is 0.586. The van der Waals surface area contributed by atoms with Gasteiger partial charge in [0.1, 0.15) is 0 Å². The minimum absolute atomic E-state index is 0.206. The molecule has 0 aliphatic heterocycles. The molecule has 0 N–H and O–H groups in total. The Bertz CT molecular complexity index is 208. The maximum atomic E-state index is 12.5. The van der Waals surface area contributed by atoms with E-state index in [4.69, 9.17) is 0 Å². The lowest BCUT2D eigenvalue weighted by molar-refractivity contribution is 0.126. The van der Waals surface area contributed by atoms with E-state index in [0.717, 1.165) is 32.5 Å². The topological polar surface area (TPSA) is 23.6 Å². The van der Waals surface area contributed by atoms with Crippen molar-refractivity contribution in [1.82, 2.24) is 9.80 Å². The molecule has 0 aliphatic rings. The van der Waals surface area contributed by atoms with E-state index in [1.165, 1.54) is 0 Å². The molecule has 0 aromatic heterocycles. The van der Waals surface area contributed by atoms with Crippen LogP contribution >= 0.6 is 0 Å². The molecule has 0 atom stereocenters. The molecule has 0 radical (unpaired) electrons. The van der Waals surface area contributed by atoms with Gasteiger partial charge in [0.2, 0.25) is 0 Å². The fourth-order valence-corrected chi connectivity index (χ4v) is 2.18. The Morgan fingerprint density at radius 1 is 1.00 bits per heavy atom. The Morgan fingerprint density at radius 2 is 1.47 bits per heavy atom. The van der Waals surface area contributed by atoms with E-state index in [1.54, 1.807) is 0 Å². The van der Waals surface area contributed by atoms with Crippen LogP contribution in [0.15, 0.2) is 0 Å². The number of carbonyl (C=O) groups excluding carboxylic acids is 1. The molecule has 0 aromatic carbocycles. The van der Waals surface area contributed by atoms with E-state index >= 15 is 0 Å². The maximum absolute atomic E-state index is 12.5. The van der Waals surface area contributed by atoms with Crippen LogP contribution < -0.4 is 0 Å². The number of hydrogen-bond donors (Lipinski definition) is 0. The number of nitrogens with zero attached hydrogens (tertiary/aromatic N) is 2. The van der Waals surface area contributed by atoms with Gasteiger partial charge in [0.25, 0.3) is 0 Å². The predicted molar refractivity (Wildman–Crippen MR) is 74.2 cm³/mol. The first kappa shape index (κ1) is 16.3. The molecule has 0 unspecified atom stereocenters. The Morgan fingerprint density at radius 3 is 1.76 bits per heavy atom. The number of hydrogen-bond acceptors (Lipinski definition) is 1. The molecule has 0 spiro atoms. The number of amides is 2. The first-order valence-electron chi connectivity index (χ1n) is 7.07. The summed E-state index contributed by atoms with van der Waals surface area (Å²) in [5.74, 6) is 0.523. The Kier molecular flexibility index (Phi) is 8.01. The first-order chi connectivity index (χ1) is 8.01. The van der Waals surface area contributed by atoms with Gasteiger partial charge in [-0.3, -0.25) is 0 Å². The van der Waals surface area contributed by atoms with Crippen LogP contribution in [0.25, 0.3) is 0 Å². The van der Waals surface area contributed by atoms with Crippen LogP contribution in [0.5, 0.6) is 0 Å². The summed E-state index contributed by atoms with van der Waals surface area (Å²) >= 11 is 0. The van der Waals surface area contributed by atoms with Crippen molar-refractivity contribution in [3.63, 3.8) is 0 Å². The zero-order valence-electron chi connectivity index (χ0n) is 12.5. The van der Waals surface area contributed by atoms with E-state index < -0.39 is 0 Å². The largest absolute Gasteiger partial charge is 0.325 e. The number of carbonyl (C=O) groups is 1. The summed E-state index contributed by atoms with van der Waals surface area (Å²) in [5, 5.41) is 0. The van der Waals surface area contributed by atoms with Crippen LogP contribution in [-0.2, 0) is 0 Å². The maximum Gasteiger partial charge on any atom is 0.320 e. The molecular formula is C14H30N2O. The summed E-state index contributed by atoms with van der Waals surface area (Å²) in [5.41, 5.74) is 0. The average molecular weight is 242 g/mol. The second-order valence-corrected chi connectivity index (χ2v) is 4.97. The summed E-state index contributed by atoms with van der Waals surface area (Å²) in [4.78, 5) is 16.4. The molecule has 0 aromatic rings. The molecule has 0 rings (SSSR count). The average Bonchev–Trinajstić information content (AvgIpc) is 2.30. The van der Waals surface area contributed by atoms with Crippen LogP contribution in [-0.4, -0.2) is 41.5 Å². The molecular weight excluding hydrogens is 212 g/mol. The highest BCUT2D eigenvalue weighted by Crippen LogP contribution is 2.14. The fraction of sp³-hybridized carbons (Fsp3) is 0.929. The Hall–Kier alpha value is -0.730. The predicted octanol–water partition coefficient (Wildman–Crippen LogP) is 3.59. The van der Waals surface area contributed by atoms with Crippen LogP contribution in [0.2, 0.25) is 0 Å². The zero-order chi connectivity index (χ0) is 13.4. The standard InChI is InChI=1S/C14H30N2O/c1-7-13(8-2)16(11-12(5)6)14(17)15(9-3)10-4/h12-13H,7-11H2,1-6H3. The van der Waals surface area contributed by atoms with E-state index in [9.17, 15) is 4.79 Å². The van der Waals surface area contributed by atoms with Gasteiger partial charge in [0, 0.05) is 25.7 Å². The molecule has 0 fully saturated rings. The molecule has 3 heteroatoms. The third kappa shape index (κ3) is 4.97. The monoisotopic (exact) mass is 242 g/mol. The second kappa shape index (κ2) is 8.37. The number of rotatable bonds is 7. The van der Waals surface area contributed by atoms with Crippen molar-refractivity contribution in [2.75, 3.05) is 19.6 Å². The summed E-state index contributed by atoms with van der Waals surface area (Å²) in [6.07, 6.45) is 2.08. The van der Waals surface area contributed by atoms with Crippen molar-refractivity contribution in [2.45, 2.75) is 60.4 Å². The minimum Gasteiger partial charge on any atom is -0.325 e. The van der Waals surface area contributed by atoms with Crippen LogP contribution in [0.3, 0.4) is 0 Å². The molecule has 0 saturated heterocycles. The third-order valence-corrected chi connectivity index (χ3v) is 3.22. The van der Waals surface area contributed by atoms with Gasteiger partial charge in [-0.05, 0) is 32.6 Å². The lowest BCUT2D eigenvalue weighted by Gasteiger charge is -2.36. The molecule has 102 valence electrons. The van der Waals surface area contributed by atoms with Crippen molar-refractivity contribution in [2.24, 2.45) is 5.92 Å². The van der Waals surface area contributed by atoms with Gasteiger partial charge < -0.3 is 9.80 Å². The van der Waals surface area contributed by atoms with Crippen molar-refractivity contribution < 1.29 is 4.79 Å². The lowest BCUT2D eigenvalue weighted by Crippen LogP contribution is -2.49. The van der Waals surface area contributed by atoms with Crippen molar-refractivity contribution in [1.29, 1.82) is 0 Å². The fourth-order valence-electron chi connectivity index (χ4n) is 2.18. The van der Waals surface area contributed by atoms with Gasteiger partial charge in [-0.15, -0.1) is 0 Å². The van der Waals surface area contributed by atoms with Crippen LogP contribution in [0, 0.1) is 5.92 Å². The van der Waals surface area contributed by atoms with Gasteiger partial charge in [0.15, 0.2) is 0 Å². The number of urea groups is 1. The molecule has 0 heterocycles. The highest BCUT2D eigenvalue weighted by atomic mass is 16.2. The van der Waals surface area contributed by atoms with E-state index in [2.05, 4.69) is 32.6 Å². The Labute approximate surface area is 107 Å². The molecule has 0 saturated carbocycles. The van der Waals surface area contributed by atoms with Gasteiger partial charge in [-0.1, -0.05) is 27.7 Å². The highest BCUT2D eigenvalue weighted by molar-refractivity contribution is 5.74. The Balaban J connectivity index is 4.82. The van der Waals surface area contributed by atoms with Crippen LogP contribution in [0.1, 0.15) is 54.4 Å². The molecule has 0 bridgehead atoms. The van der Waals surface area contributed by atoms with E-state index in [0.29, 0.717) is 12.0 Å². The quantitative estimate of drug-likeness (QED) is 0.669. The summed E-state index contributed by atoms with van der Waals surface area (Å²) < 4.78 is 0. The second-order valence-electron chi connectivity index (χ2n) is 4.97. The normalized spacial score (nSPS) is 11.1. The van der Waals surface area contributed by atoms with Gasteiger partial charge >= 0.3 is 6.03 Å². The third-order valence-electron chi connectivity index (χ3n) is 3.22. The lowest BCUT2D eigenvalue weighted by atomic mass is 10.1. The van der Waals surface area contributed by atoms with Crippen LogP contribution in [0.4, 0.5) is 4.79 Å². The van der Waals surface area contributed by atoms with Crippen molar-refractivity contribution in [3.05, 3.63) is 0 Å². The molecule has 3 nitrogen and oxygen atoms in total. The molecule has 17 heavy (non-hydrogen) atoms. The van der Waals surface area contributed by atoms with E-state index in [1.807, 2.05) is 18.7 Å². The molecule has 0 aliphatic carbocycles. The van der Waals surface area contributed by atoms with Gasteiger partial charge in [-0.25, -0.2) is 4.79 Å². The summed E-state index contributed by atoms with van der Waals surface area (Å²) in [7, 11) is 0. The van der Waals surface area contributed by atoms with Gasteiger partial charge in [0.05, 0.1) is 0 Å².